The van der Waals surface area contributed by atoms with Crippen molar-refractivity contribution < 1.29 is 0 Å². The minimum atomic E-state index is 0.461. The van der Waals surface area contributed by atoms with E-state index in [1.165, 1.54) is 37.2 Å². The highest BCUT2D eigenvalue weighted by atomic mass is 15.3. The molecular formula is C18H26N4. The molecule has 2 aromatic rings. The molecule has 1 fully saturated rings. The third-order valence-corrected chi connectivity index (χ3v) is 4.90. The summed E-state index contributed by atoms with van der Waals surface area (Å²) in [5.74, 6) is 0.746. The van der Waals surface area contributed by atoms with Crippen LogP contribution in [0.4, 0.5) is 0 Å². The van der Waals surface area contributed by atoms with Crippen molar-refractivity contribution in [3.8, 4) is 0 Å². The summed E-state index contributed by atoms with van der Waals surface area (Å²) >= 11 is 0. The summed E-state index contributed by atoms with van der Waals surface area (Å²) in [6.45, 7) is 9.91. The molecule has 1 atom stereocenters. The average Bonchev–Trinajstić information content (AvgIpc) is 2.86. The Morgan fingerprint density at radius 2 is 2.05 bits per heavy atom. The first-order chi connectivity index (χ1) is 10.6. The van der Waals surface area contributed by atoms with E-state index in [-0.39, 0.29) is 0 Å². The molecule has 1 aliphatic rings. The molecule has 3 heterocycles. The van der Waals surface area contributed by atoms with Crippen LogP contribution in [-0.2, 0) is 6.54 Å². The van der Waals surface area contributed by atoms with Gasteiger partial charge in [-0.3, -0.25) is 14.6 Å². The van der Waals surface area contributed by atoms with E-state index in [2.05, 4.69) is 52.6 Å². The lowest BCUT2D eigenvalue weighted by Gasteiger charge is -2.36. The van der Waals surface area contributed by atoms with E-state index in [1.54, 1.807) is 0 Å². The van der Waals surface area contributed by atoms with Crippen molar-refractivity contribution in [2.75, 3.05) is 13.1 Å². The Balaban J connectivity index is 1.55. The lowest BCUT2D eigenvalue weighted by Crippen LogP contribution is -2.37. The molecule has 1 aliphatic heterocycles. The van der Waals surface area contributed by atoms with Crippen LogP contribution in [0.25, 0.3) is 0 Å². The fourth-order valence-corrected chi connectivity index (χ4v) is 3.46. The van der Waals surface area contributed by atoms with Crippen molar-refractivity contribution in [2.45, 2.75) is 46.2 Å². The molecule has 0 radical (unpaired) electrons. The van der Waals surface area contributed by atoms with E-state index in [9.17, 15) is 0 Å². The summed E-state index contributed by atoms with van der Waals surface area (Å²) in [6.07, 6.45) is 6.34. The first-order valence-electron chi connectivity index (χ1n) is 8.28. The quantitative estimate of drug-likeness (QED) is 0.868. The van der Waals surface area contributed by atoms with Crippen LogP contribution in [0.1, 0.15) is 42.8 Å². The zero-order valence-corrected chi connectivity index (χ0v) is 13.9. The fourth-order valence-electron chi connectivity index (χ4n) is 3.46. The highest BCUT2D eigenvalue weighted by Crippen LogP contribution is 2.27. The molecule has 1 saturated heterocycles. The monoisotopic (exact) mass is 298 g/mol. The van der Waals surface area contributed by atoms with Crippen LogP contribution in [-0.4, -0.2) is 32.8 Å². The molecule has 118 valence electrons. The predicted octanol–water partition coefficient (Wildman–Crippen LogP) is 3.37. The molecule has 0 aliphatic carbocycles. The summed E-state index contributed by atoms with van der Waals surface area (Å²) < 4.78 is 2.18. The van der Waals surface area contributed by atoms with Gasteiger partial charge >= 0.3 is 0 Å². The second-order valence-electron chi connectivity index (χ2n) is 6.55. The molecule has 0 spiro atoms. The first-order valence-corrected chi connectivity index (χ1v) is 8.28. The number of nitrogens with zero attached hydrogens (tertiary/aromatic N) is 4. The number of hydrogen-bond acceptors (Lipinski definition) is 3. The van der Waals surface area contributed by atoms with Gasteiger partial charge in [0.2, 0.25) is 0 Å². The molecule has 0 saturated carbocycles. The fraction of sp³-hybridized carbons (Fsp3) is 0.556. The number of piperidine rings is 1. The van der Waals surface area contributed by atoms with Crippen LogP contribution in [0.15, 0.2) is 30.6 Å². The lowest BCUT2D eigenvalue weighted by atomic mass is 9.95. The first kappa shape index (κ1) is 15.2. The van der Waals surface area contributed by atoms with Crippen molar-refractivity contribution in [1.82, 2.24) is 19.7 Å². The Kier molecular flexibility index (Phi) is 4.57. The van der Waals surface area contributed by atoms with Crippen LogP contribution in [0, 0.1) is 19.8 Å². The van der Waals surface area contributed by atoms with E-state index >= 15 is 0 Å². The Morgan fingerprint density at radius 3 is 2.64 bits per heavy atom. The molecule has 0 bridgehead atoms. The van der Waals surface area contributed by atoms with E-state index in [1.807, 2.05) is 18.5 Å². The maximum Gasteiger partial charge on any atom is 0.0596 e. The highest BCUT2D eigenvalue weighted by molar-refractivity contribution is 5.13. The van der Waals surface area contributed by atoms with Crippen molar-refractivity contribution in [3.05, 3.63) is 47.5 Å². The smallest absolute Gasteiger partial charge is 0.0596 e. The Hall–Kier alpha value is -1.68. The second-order valence-corrected chi connectivity index (χ2v) is 6.55. The van der Waals surface area contributed by atoms with Crippen LogP contribution in [0.3, 0.4) is 0 Å². The molecule has 0 amide bonds. The van der Waals surface area contributed by atoms with Gasteiger partial charge < -0.3 is 0 Å². The molecule has 4 heteroatoms. The van der Waals surface area contributed by atoms with Crippen LogP contribution in [0.2, 0.25) is 0 Å². The molecule has 3 rings (SSSR count). The van der Waals surface area contributed by atoms with Gasteiger partial charge in [-0.1, -0.05) is 6.07 Å². The van der Waals surface area contributed by atoms with E-state index < -0.39 is 0 Å². The SMILES string of the molecule is Cc1cc(C)n(CC2CCN([C@H](C)c3cccnc3)CC2)n1. The van der Waals surface area contributed by atoms with Gasteiger partial charge in [-0.2, -0.15) is 5.10 Å². The number of aryl methyl sites for hydroxylation is 2. The van der Waals surface area contributed by atoms with Crippen LogP contribution in [0.5, 0.6) is 0 Å². The van der Waals surface area contributed by atoms with Gasteiger partial charge in [-0.05, 0) is 70.3 Å². The molecule has 0 unspecified atom stereocenters. The molecule has 22 heavy (non-hydrogen) atoms. The molecule has 4 nitrogen and oxygen atoms in total. The zero-order chi connectivity index (χ0) is 15.5. The standard InChI is InChI=1S/C18H26N4/c1-14-11-15(2)22(20-14)13-17-6-9-21(10-7-17)16(3)18-5-4-8-19-12-18/h4-5,8,11-12,16-17H,6-7,9-10,13H2,1-3H3/t16-/m1/s1. The summed E-state index contributed by atoms with van der Waals surface area (Å²) in [6, 6.07) is 6.84. The summed E-state index contributed by atoms with van der Waals surface area (Å²) in [5.41, 5.74) is 3.73. The second kappa shape index (κ2) is 6.61. The van der Waals surface area contributed by atoms with Gasteiger partial charge in [0.05, 0.1) is 5.69 Å². The summed E-state index contributed by atoms with van der Waals surface area (Å²) in [7, 11) is 0. The highest BCUT2D eigenvalue weighted by Gasteiger charge is 2.24. The minimum Gasteiger partial charge on any atom is -0.297 e. The third-order valence-electron chi connectivity index (χ3n) is 4.90. The number of aromatic nitrogens is 3. The maximum absolute atomic E-state index is 4.60. The molecule has 0 N–H and O–H groups in total. The number of likely N-dealkylation sites (tertiary alicyclic amines) is 1. The molecule has 2 aromatic heterocycles. The summed E-state index contributed by atoms with van der Waals surface area (Å²) in [4.78, 5) is 6.82. The van der Waals surface area contributed by atoms with Crippen molar-refractivity contribution in [3.63, 3.8) is 0 Å². The van der Waals surface area contributed by atoms with E-state index in [0.29, 0.717) is 6.04 Å². The van der Waals surface area contributed by atoms with Gasteiger partial charge in [-0.15, -0.1) is 0 Å². The average molecular weight is 298 g/mol. The largest absolute Gasteiger partial charge is 0.297 e. The van der Waals surface area contributed by atoms with Gasteiger partial charge in [0.15, 0.2) is 0 Å². The van der Waals surface area contributed by atoms with E-state index in [4.69, 9.17) is 0 Å². The van der Waals surface area contributed by atoms with Gasteiger partial charge in [-0.25, -0.2) is 0 Å². The zero-order valence-electron chi connectivity index (χ0n) is 13.9. The van der Waals surface area contributed by atoms with Crippen molar-refractivity contribution >= 4 is 0 Å². The topological polar surface area (TPSA) is 34.0 Å². The van der Waals surface area contributed by atoms with Gasteiger partial charge in [0, 0.05) is 30.7 Å². The molecular weight excluding hydrogens is 272 g/mol. The number of rotatable bonds is 4. The normalized spacial score (nSPS) is 18.5. The Labute approximate surface area is 133 Å². The van der Waals surface area contributed by atoms with Crippen molar-refractivity contribution in [2.24, 2.45) is 5.92 Å². The maximum atomic E-state index is 4.60. The van der Waals surface area contributed by atoms with Crippen LogP contribution < -0.4 is 0 Å². The van der Waals surface area contributed by atoms with Gasteiger partial charge in [0.1, 0.15) is 0 Å². The minimum absolute atomic E-state index is 0.461. The van der Waals surface area contributed by atoms with Crippen molar-refractivity contribution in [1.29, 1.82) is 0 Å². The lowest BCUT2D eigenvalue weighted by molar-refractivity contribution is 0.131. The Morgan fingerprint density at radius 1 is 1.27 bits per heavy atom. The predicted molar refractivity (Wildman–Crippen MR) is 88.7 cm³/mol. The summed E-state index contributed by atoms with van der Waals surface area (Å²) in [5, 5.41) is 4.60. The Bertz CT molecular complexity index is 597. The third kappa shape index (κ3) is 3.38. The van der Waals surface area contributed by atoms with Crippen LogP contribution >= 0.6 is 0 Å². The number of hydrogen-bond donors (Lipinski definition) is 0. The number of pyridine rings is 1. The van der Waals surface area contributed by atoms with Gasteiger partial charge in [0.25, 0.3) is 0 Å². The molecule has 0 aromatic carbocycles. The van der Waals surface area contributed by atoms with E-state index in [0.717, 1.165) is 18.2 Å².